The van der Waals surface area contributed by atoms with Crippen molar-refractivity contribution >= 4 is 11.8 Å². The number of hydrogen-bond acceptors (Lipinski definition) is 4. The van der Waals surface area contributed by atoms with Gasteiger partial charge in [-0.3, -0.25) is 14.8 Å². The second-order valence-electron chi connectivity index (χ2n) is 7.97. The maximum Gasteiger partial charge on any atom is 0.248 e. The molecule has 140 valence electrons. The van der Waals surface area contributed by atoms with Gasteiger partial charge in [0, 0.05) is 25.6 Å². The topological polar surface area (TPSA) is 81.7 Å². The third-order valence-corrected chi connectivity index (χ3v) is 6.26. The summed E-state index contributed by atoms with van der Waals surface area (Å²) in [6.07, 6.45) is 3.59. The summed E-state index contributed by atoms with van der Waals surface area (Å²) >= 11 is 0. The van der Waals surface area contributed by atoms with Crippen LogP contribution in [0.15, 0.2) is 24.3 Å². The fourth-order valence-corrected chi connectivity index (χ4v) is 4.43. The molecule has 4 rings (SSSR count). The van der Waals surface area contributed by atoms with Gasteiger partial charge in [-0.05, 0) is 48.8 Å². The van der Waals surface area contributed by atoms with Gasteiger partial charge in [0.05, 0.1) is 12.0 Å². The molecule has 2 saturated heterocycles. The minimum absolute atomic E-state index is 0.0845. The SMILES string of the molecule is O=C(NO)[C@H]1CC2(CC2)CN[C@@H]1C(=O)N1CCC(c2ccc(F)cc2)C1. The Bertz CT molecular complexity index is 704. The van der Waals surface area contributed by atoms with Crippen LogP contribution in [0.1, 0.15) is 37.2 Å². The number of nitrogens with one attached hydrogen (secondary N) is 2. The monoisotopic (exact) mass is 361 g/mol. The molecule has 1 spiro atoms. The molecule has 6 nitrogen and oxygen atoms in total. The predicted molar refractivity (Wildman–Crippen MR) is 91.8 cm³/mol. The molecule has 2 aliphatic heterocycles. The Morgan fingerprint density at radius 1 is 1.27 bits per heavy atom. The van der Waals surface area contributed by atoms with Crippen molar-refractivity contribution in [3.05, 3.63) is 35.6 Å². The average Bonchev–Trinajstić information content (AvgIpc) is 3.22. The third-order valence-electron chi connectivity index (χ3n) is 6.26. The molecule has 3 atom stereocenters. The number of likely N-dealkylation sites (tertiary alicyclic amines) is 1. The van der Waals surface area contributed by atoms with E-state index in [1.807, 2.05) is 0 Å². The van der Waals surface area contributed by atoms with E-state index in [4.69, 9.17) is 5.21 Å². The molecule has 1 aromatic rings. The first-order valence-corrected chi connectivity index (χ1v) is 9.23. The van der Waals surface area contributed by atoms with Gasteiger partial charge >= 0.3 is 0 Å². The van der Waals surface area contributed by atoms with E-state index in [1.165, 1.54) is 12.1 Å². The van der Waals surface area contributed by atoms with Gasteiger partial charge in [0.25, 0.3) is 0 Å². The van der Waals surface area contributed by atoms with Crippen molar-refractivity contribution in [1.82, 2.24) is 15.7 Å². The highest BCUT2D eigenvalue weighted by Gasteiger charge is 2.53. The fraction of sp³-hybridized carbons (Fsp3) is 0.579. The summed E-state index contributed by atoms with van der Waals surface area (Å²) in [5.41, 5.74) is 2.88. The van der Waals surface area contributed by atoms with E-state index in [2.05, 4.69) is 5.32 Å². The quantitative estimate of drug-likeness (QED) is 0.562. The van der Waals surface area contributed by atoms with Crippen LogP contribution in [0.2, 0.25) is 0 Å². The van der Waals surface area contributed by atoms with E-state index in [0.29, 0.717) is 19.5 Å². The lowest BCUT2D eigenvalue weighted by Crippen LogP contribution is -2.58. The second-order valence-corrected chi connectivity index (χ2v) is 7.97. The molecule has 3 N–H and O–H groups in total. The average molecular weight is 361 g/mol. The zero-order chi connectivity index (χ0) is 18.3. The molecule has 1 unspecified atom stereocenters. The molecular weight excluding hydrogens is 337 g/mol. The molecule has 0 aromatic heterocycles. The Balaban J connectivity index is 1.44. The summed E-state index contributed by atoms with van der Waals surface area (Å²) in [7, 11) is 0. The maximum absolute atomic E-state index is 13.1. The van der Waals surface area contributed by atoms with Crippen LogP contribution in [-0.2, 0) is 9.59 Å². The standard InChI is InChI=1S/C19H24FN3O3/c20-14-3-1-12(2-4-14)13-5-8-23(10-13)18(25)16-15(17(24)22-26)9-19(6-7-19)11-21-16/h1-4,13,15-16,21,26H,5-11H2,(H,22,24)/t13?,15-,16-/m0/s1. The number of hydrogen-bond donors (Lipinski definition) is 3. The summed E-state index contributed by atoms with van der Waals surface area (Å²) < 4.78 is 13.1. The number of carbonyl (C=O) groups is 2. The van der Waals surface area contributed by atoms with Crippen LogP contribution >= 0.6 is 0 Å². The predicted octanol–water partition coefficient (Wildman–Crippen LogP) is 1.41. The molecule has 2 amide bonds. The van der Waals surface area contributed by atoms with E-state index < -0.39 is 17.9 Å². The van der Waals surface area contributed by atoms with E-state index >= 15 is 0 Å². The number of hydroxylamine groups is 1. The van der Waals surface area contributed by atoms with Crippen LogP contribution in [0.4, 0.5) is 4.39 Å². The Hall–Kier alpha value is -1.99. The molecule has 26 heavy (non-hydrogen) atoms. The highest BCUT2D eigenvalue weighted by atomic mass is 19.1. The normalized spacial score (nSPS) is 29.6. The van der Waals surface area contributed by atoms with Crippen LogP contribution < -0.4 is 10.8 Å². The second kappa shape index (κ2) is 6.63. The molecule has 0 radical (unpaired) electrons. The van der Waals surface area contributed by atoms with Crippen LogP contribution in [0.25, 0.3) is 0 Å². The van der Waals surface area contributed by atoms with Crippen LogP contribution in [0.3, 0.4) is 0 Å². The number of rotatable bonds is 3. The Morgan fingerprint density at radius 3 is 2.65 bits per heavy atom. The minimum atomic E-state index is -0.597. The molecule has 1 saturated carbocycles. The Kier molecular flexibility index (Phi) is 4.44. The molecule has 7 heteroatoms. The lowest BCUT2D eigenvalue weighted by molar-refractivity contribution is -0.144. The van der Waals surface area contributed by atoms with Gasteiger partial charge in [0.15, 0.2) is 0 Å². The van der Waals surface area contributed by atoms with Crippen LogP contribution in [-0.4, -0.2) is 47.6 Å². The molecular formula is C19H24FN3O3. The minimum Gasteiger partial charge on any atom is -0.341 e. The van der Waals surface area contributed by atoms with Gasteiger partial charge in [-0.1, -0.05) is 12.1 Å². The first-order chi connectivity index (χ1) is 12.5. The summed E-state index contributed by atoms with van der Waals surface area (Å²) in [5.74, 6) is -1.20. The highest BCUT2D eigenvalue weighted by molar-refractivity contribution is 5.90. The van der Waals surface area contributed by atoms with Crippen molar-refractivity contribution < 1.29 is 19.2 Å². The summed E-state index contributed by atoms with van der Waals surface area (Å²) in [4.78, 5) is 26.9. The van der Waals surface area contributed by atoms with Crippen molar-refractivity contribution in [3.8, 4) is 0 Å². The van der Waals surface area contributed by atoms with Crippen molar-refractivity contribution in [2.45, 2.75) is 37.6 Å². The first-order valence-electron chi connectivity index (χ1n) is 9.23. The van der Waals surface area contributed by atoms with E-state index in [9.17, 15) is 14.0 Å². The van der Waals surface area contributed by atoms with Gasteiger partial charge in [0.1, 0.15) is 5.82 Å². The molecule has 2 heterocycles. The van der Waals surface area contributed by atoms with Gasteiger partial charge in [-0.2, -0.15) is 0 Å². The van der Waals surface area contributed by atoms with Gasteiger partial charge in [-0.25, -0.2) is 9.87 Å². The number of amides is 2. The third kappa shape index (κ3) is 3.21. The maximum atomic E-state index is 13.1. The van der Waals surface area contributed by atoms with Crippen LogP contribution in [0.5, 0.6) is 0 Å². The van der Waals surface area contributed by atoms with Crippen molar-refractivity contribution in [1.29, 1.82) is 0 Å². The lowest BCUT2D eigenvalue weighted by atomic mass is 9.81. The molecule has 3 aliphatic rings. The number of nitrogens with zero attached hydrogens (tertiary/aromatic N) is 1. The highest BCUT2D eigenvalue weighted by Crippen LogP contribution is 2.52. The van der Waals surface area contributed by atoms with E-state index in [-0.39, 0.29) is 23.1 Å². The molecule has 1 aromatic carbocycles. The zero-order valence-electron chi connectivity index (χ0n) is 14.6. The summed E-state index contributed by atoms with van der Waals surface area (Å²) in [5, 5.41) is 12.3. The molecule has 0 bridgehead atoms. The van der Waals surface area contributed by atoms with Gasteiger partial charge in [0.2, 0.25) is 11.8 Å². The van der Waals surface area contributed by atoms with Gasteiger partial charge in [-0.15, -0.1) is 0 Å². The van der Waals surface area contributed by atoms with E-state index in [1.54, 1.807) is 22.5 Å². The molecule has 1 aliphatic carbocycles. The summed E-state index contributed by atoms with van der Waals surface area (Å²) in [6, 6.07) is 5.83. The lowest BCUT2D eigenvalue weighted by Gasteiger charge is -2.37. The van der Waals surface area contributed by atoms with Crippen LogP contribution in [0, 0.1) is 17.2 Å². The number of benzene rings is 1. The Morgan fingerprint density at radius 2 is 2.00 bits per heavy atom. The van der Waals surface area contributed by atoms with Crippen molar-refractivity contribution in [3.63, 3.8) is 0 Å². The number of carbonyl (C=O) groups excluding carboxylic acids is 2. The number of piperidine rings is 1. The van der Waals surface area contributed by atoms with E-state index in [0.717, 1.165) is 31.4 Å². The van der Waals surface area contributed by atoms with Crippen molar-refractivity contribution in [2.24, 2.45) is 11.3 Å². The smallest absolute Gasteiger partial charge is 0.248 e. The largest absolute Gasteiger partial charge is 0.341 e. The zero-order valence-corrected chi connectivity index (χ0v) is 14.6. The first kappa shape index (κ1) is 17.4. The van der Waals surface area contributed by atoms with Crippen molar-refractivity contribution in [2.75, 3.05) is 19.6 Å². The Labute approximate surface area is 151 Å². The fourth-order valence-electron chi connectivity index (χ4n) is 4.43. The number of halogens is 1. The van der Waals surface area contributed by atoms with Gasteiger partial charge < -0.3 is 10.2 Å². The summed E-state index contributed by atoms with van der Waals surface area (Å²) in [6.45, 7) is 1.94. The molecule has 3 fully saturated rings.